The lowest BCUT2D eigenvalue weighted by Crippen LogP contribution is -2.31. The molecular formula is C21H16Cl2FN3O2S. The minimum Gasteiger partial charge on any atom is -0.301 e. The summed E-state index contributed by atoms with van der Waals surface area (Å²) in [6.45, 7) is 1.69. The van der Waals surface area contributed by atoms with E-state index >= 15 is 0 Å². The van der Waals surface area contributed by atoms with Crippen molar-refractivity contribution in [3.8, 4) is 0 Å². The Bertz CT molecular complexity index is 1340. The van der Waals surface area contributed by atoms with Crippen LogP contribution in [0.5, 0.6) is 0 Å². The van der Waals surface area contributed by atoms with E-state index in [0.29, 0.717) is 21.9 Å². The summed E-state index contributed by atoms with van der Waals surface area (Å²) in [4.78, 5) is 4.64. The lowest BCUT2D eigenvalue weighted by molar-refractivity contribution is 0.589. The number of anilines is 1. The highest BCUT2D eigenvalue weighted by molar-refractivity contribution is 7.92. The Morgan fingerprint density at radius 1 is 1.07 bits per heavy atom. The Morgan fingerprint density at radius 2 is 1.80 bits per heavy atom. The Kier molecular flexibility index (Phi) is 5.44. The van der Waals surface area contributed by atoms with E-state index in [1.165, 1.54) is 34.6 Å². The van der Waals surface area contributed by atoms with E-state index in [4.69, 9.17) is 23.2 Å². The molecule has 2 aromatic carbocycles. The van der Waals surface area contributed by atoms with Crippen LogP contribution in [0.3, 0.4) is 0 Å². The number of benzene rings is 2. The number of aromatic nitrogens is 2. The lowest BCUT2D eigenvalue weighted by Gasteiger charge is -2.23. The molecule has 9 heteroatoms. The van der Waals surface area contributed by atoms with Crippen molar-refractivity contribution in [1.29, 1.82) is 0 Å². The van der Waals surface area contributed by atoms with E-state index in [2.05, 4.69) is 4.98 Å². The van der Waals surface area contributed by atoms with Gasteiger partial charge in [0.05, 0.1) is 27.2 Å². The average Bonchev–Trinajstić information content (AvgIpc) is 3.05. The van der Waals surface area contributed by atoms with E-state index < -0.39 is 15.8 Å². The number of pyridine rings is 1. The summed E-state index contributed by atoms with van der Waals surface area (Å²) in [5.41, 5.74) is 1.67. The van der Waals surface area contributed by atoms with Gasteiger partial charge in [-0.1, -0.05) is 47.5 Å². The van der Waals surface area contributed by atoms with Crippen LogP contribution in [0.4, 0.5) is 10.2 Å². The second-order valence-corrected chi connectivity index (χ2v) is 9.38. The van der Waals surface area contributed by atoms with E-state index in [1.54, 1.807) is 47.9 Å². The van der Waals surface area contributed by atoms with Gasteiger partial charge in [0, 0.05) is 6.20 Å². The maximum Gasteiger partial charge on any atom is 0.265 e. The van der Waals surface area contributed by atoms with Crippen molar-refractivity contribution >= 4 is 44.7 Å². The van der Waals surface area contributed by atoms with Crippen molar-refractivity contribution in [3.63, 3.8) is 0 Å². The predicted molar refractivity (Wildman–Crippen MR) is 116 cm³/mol. The summed E-state index contributed by atoms with van der Waals surface area (Å²) in [5.74, 6) is -0.321. The first-order chi connectivity index (χ1) is 14.3. The molecule has 0 amide bonds. The molecule has 2 aromatic heterocycles. The first-order valence-electron chi connectivity index (χ1n) is 8.93. The molecular weight excluding hydrogens is 448 g/mol. The standard InChI is InChI=1S/C21H16Cl2FN3O2S/c1-14-21(25-20-10-8-16(22)13-26(14)20)27(12-15-7-9-19(24)18(23)11-15)30(28,29)17-5-3-2-4-6-17/h2-11,13H,12H2,1H3. The van der Waals surface area contributed by atoms with Gasteiger partial charge in [0.25, 0.3) is 10.0 Å². The number of sulfonamides is 1. The molecule has 0 aliphatic carbocycles. The highest BCUT2D eigenvalue weighted by atomic mass is 35.5. The van der Waals surface area contributed by atoms with Crippen LogP contribution in [-0.2, 0) is 16.6 Å². The molecule has 4 aromatic rings. The molecule has 5 nitrogen and oxygen atoms in total. The maximum absolute atomic E-state index is 13.6. The van der Waals surface area contributed by atoms with E-state index in [0.717, 1.165) is 0 Å². The van der Waals surface area contributed by atoms with Gasteiger partial charge in [0.15, 0.2) is 5.82 Å². The van der Waals surface area contributed by atoms with Crippen molar-refractivity contribution in [1.82, 2.24) is 9.38 Å². The van der Waals surface area contributed by atoms with Gasteiger partial charge >= 0.3 is 0 Å². The van der Waals surface area contributed by atoms with Crippen LogP contribution < -0.4 is 4.31 Å². The molecule has 0 aliphatic rings. The van der Waals surface area contributed by atoms with Gasteiger partial charge in [-0.3, -0.25) is 0 Å². The molecule has 0 bridgehead atoms. The summed E-state index contributed by atoms with van der Waals surface area (Å²) >= 11 is 12.0. The van der Waals surface area contributed by atoms with Crippen LogP contribution in [-0.4, -0.2) is 17.8 Å². The SMILES string of the molecule is Cc1c(N(Cc2ccc(F)c(Cl)c2)S(=O)(=O)c2ccccc2)nc2ccc(Cl)cn12. The zero-order valence-corrected chi connectivity index (χ0v) is 18.1. The van der Waals surface area contributed by atoms with Crippen LogP contribution in [0, 0.1) is 12.7 Å². The quantitative estimate of drug-likeness (QED) is 0.393. The van der Waals surface area contributed by atoms with Crippen molar-refractivity contribution in [2.75, 3.05) is 4.31 Å². The second-order valence-electron chi connectivity index (χ2n) is 6.67. The number of hydrogen-bond acceptors (Lipinski definition) is 3. The van der Waals surface area contributed by atoms with Crippen molar-refractivity contribution in [2.24, 2.45) is 0 Å². The summed E-state index contributed by atoms with van der Waals surface area (Å²) in [5, 5.41) is 0.417. The normalized spacial score (nSPS) is 11.7. The molecule has 4 rings (SSSR count). The Labute approximate surface area is 183 Å². The van der Waals surface area contributed by atoms with Gasteiger partial charge in [-0.15, -0.1) is 0 Å². The molecule has 0 atom stereocenters. The maximum atomic E-state index is 13.6. The van der Waals surface area contributed by atoms with E-state index in [9.17, 15) is 12.8 Å². The largest absolute Gasteiger partial charge is 0.301 e. The number of halogens is 3. The van der Waals surface area contributed by atoms with Crippen molar-refractivity contribution in [3.05, 3.63) is 94.0 Å². The van der Waals surface area contributed by atoms with E-state index in [-0.39, 0.29) is 22.3 Å². The topological polar surface area (TPSA) is 54.7 Å². The van der Waals surface area contributed by atoms with Crippen molar-refractivity contribution < 1.29 is 12.8 Å². The van der Waals surface area contributed by atoms with Crippen molar-refractivity contribution in [2.45, 2.75) is 18.4 Å². The molecule has 0 radical (unpaired) electrons. The third kappa shape index (κ3) is 3.76. The fraction of sp³-hybridized carbons (Fsp3) is 0.0952. The predicted octanol–water partition coefficient (Wildman–Crippen LogP) is 5.48. The molecule has 0 spiro atoms. The van der Waals surface area contributed by atoms with Gasteiger partial charge in [-0.05, 0) is 48.9 Å². The van der Waals surface area contributed by atoms with E-state index in [1.807, 2.05) is 0 Å². The van der Waals surface area contributed by atoms with Gasteiger partial charge in [-0.2, -0.15) is 0 Å². The third-order valence-corrected chi connectivity index (χ3v) is 6.94. The third-order valence-electron chi connectivity index (χ3n) is 4.67. The number of hydrogen-bond donors (Lipinski definition) is 0. The summed E-state index contributed by atoms with van der Waals surface area (Å²) < 4.78 is 43.6. The summed E-state index contributed by atoms with van der Waals surface area (Å²) in [7, 11) is -3.97. The molecule has 0 N–H and O–H groups in total. The zero-order valence-electron chi connectivity index (χ0n) is 15.8. The van der Waals surface area contributed by atoms with Crippen LogP contribution in [0.15, 0.2) is 71.8 Å². The molecule has 0 fully saturated rings. The van der Waals surface area contributed by atoms with Crippen LogP contribution in [0.2, 0.25) is 10.0 Å². The summed E-state index contributed by atoms with van der Waals surface area (Å²) in [6, 6.07) is 15.6. The smallest absolute Gasteiger partial charge is 0.265 e. The minimum atomic E-state index is -3.97. The molecule has 2 heterocycles. The fourth-order valence-corrected chi connectivity index (χ4v) is 5.00. The first-order valence-corrected chi connectivity index (χ1v) is 11.1. The summed E-state index contributed by atoms with van der Waals surface area (Å²) in [6.07, 6.45) is 1.67. The van der Waals surface area contributed by atoms with Gasteiger partial charge in [-0.25, -0.2) is 22.1 Å². The monoisotopic (exact) mass is 463 g/mol. The molecule has 30 heavy (non-hydrogen) atoms. The highest BCUT2D eigenvalue weighted by Crippen LogP contribution is 2.30. The fourth-order valence-electron chi connectivity index (χ4n) is 3.16. The second kappa shape index (κ2) is 7.91. The van der Waals surface area contributed by atoms with Crippen LogP contribution >= 0.6 is 23.2 Å². The number of nitrogens with zero attached hydrogens (tertiary/aromatic N) is 3. The zero-order chi connectivity index (χ0) is 21.5. The number of rotatable bonds is 5. The first kappa shape index (κ1) is 20.7. The molecule has 0 unspecified atom stereocenters. The number of fused-ring (bicyclic) bond motifs is 1. The highest BCUT2D eigenvalue weighted by Gasteiger charge is 2.29. The van der Waals surface area contributed by atoms with Crippen LogP contribution in [0.25, 0.3) is 5.65 Å². The molecule has 0 saturated carbocycles. The average molecular weight is 464 g/mol. The lowest BCUT2D eigenvalue weighted by atomic mass is 10.2. The number of imidazole rings is 1. The van der Waals surface area contributed by atoms with Gasteiger partial charge < -0.3 is 4.40 Å². The van der Waals surface area contributed by atoms with Gasteiger partial charge in [0.2, 0.25) is 0 Å². The molecule has 154 valence electrons. The number of aryl methyl sites for hydroxylation is 1. The minimum absolute atomic E-state index is 0.0737. The Hall–Kier alpha value is -2.61. The van der Waals surface area contributed by atoms with Gasteiger partial charge in [0.1, 0.15) is 11.5 Å². The molecule has 0 saturated heterocycles. The Morgan fingerprint density at radius 3 is 2.50 bits per heavy atom. The molecule has 0 aliphatic heterocycles. The Balaban J connectivity index is 1.90. The van der Waals surface area contributed by atoms with Crippen LogP contribution in [0.1, 0.15) is 11.3 Å².